The Hall–Kier alpha value is -1.85. The topological polar surface area (TPSA) is 56.9 Å². The molecule has 0 spiro atoms. The fourth-order valence-electron chi connectivity index (χ4n) is 2.18. The summed E-state index contributed by atoms with van der Waals surface area (Å²) in [7, 11) is 0. The highest BCUT2D eigenvalue weighted by Crippen LogP contribution is 2.22. The van der Waals surface area contributed by atoms with Gasteiger partial charge in [0, 0.05) is 28.5 Å². The minimum atomic E-state index is -0.0910. The summed E-state index contributed by atoms with van der Waals surface area (Å²) in [6, 6.07) is 7.53. The first-order valence-corrected chi connectivity index (χ1v) is 7.66. The molecule has 0 aliphatic rings. The molecule has 0 atom stereocenters. The van der Waals surface area contributed by atoms with Crippen molar-refractivity contribution in [3.63, 3.8) is 0 Å². The molecule has 22 heavy (non-hydrogen) atoms. The molecular formula is C16H18ClN3OS. The predicted molar refractivity (Wildman–Crippen MR) is 95.8 cm³/mol. The van der Waals surface area contributed by atoms with Crippen LogP contribution >= 0.6 is 23.8 Å². The molecule has 4 nitrogen and oxygen atoms in total. The van der Waals surface area contributed by atoms with Gasteiger partial charge in [-0.3, -0.25) is 4.79 Å². The maximum atomic E-state index is 12.0. The van der Waals surface area contributed by atoms with E-state index in [0.29, 0.717) is 22.2 Å². The molecule has 0 amide bonds. The van der Waals surface area contributed by atoms with Gasteiger partial charge in [-0.25, -0.2) is 0 Å². The molecule has 0 saturated carbocycles. The van der Waals surface area contributed by atoms with E-state index in [1.807, 2.05) is 45.0 Å². The second-order valence-corrected chi connectivity index (χ2v) is 5.98. The lowest BCUT2D eigenvalue weighted by atomic mass is 10.1. The highest BCUT2D eigenvalue weighted by Gasteiger charge is 2.07. The van der Waals surface area contributed by atoms with E-state index < -0.39 is 0 Å². The van der Waals surface area contributed by atoms with Gasteiger partial charge in [0.05, 0.1) is 0 Å². The van der Waals surface area contributed by atoms with Crippen LogP contribution in [0.25, 0.3) is 0 Å². The van der Waals surface area contributed by atoms with Crippen molar-refractivity contribution in [1.82, 2.24) is 10.3 Å². The van der Waals surface area contributed by atoms with E-state index in [0.717, 1.165) is 22.5 Å². The van der Waals surface area contributed by atoms with Crippen LogP contribution in [0.1, 0.15) is 22.4 Å². The van der Waals surface area contributed by atoms with Gasteiger partial charge in [-0.05, 0) is 62.3 Å². The van der Waals surface area contributed by atoms with E-state index in [1.54, 1.807) is 0 Å². The van der Waals surface area contributed by atoms with Crippen molar-refractivity contribution in [3.8, 4) is 0 Å². The molecular weight excluding hydrogens is 318 g/mol. The second kappa shape index (κ2) is 6.94. The van der Waals surface area contributed by atoms with Gasteiger partial charge in [0.25, 0.3) is 5.56 Å². The van der Waals surface area contributed by atoms with Gasteiger partial charge < -0.3 is 15.6 Å². The minimum Gasteiger partial charge on any atom is -0.358 e. The third-order valence-electron chi connectivity index (χ3n) is 3.44. The smallest absolute Gasteiger partial charge is 0.253 e. The minimum absolute atomic E-state index is 0.0910. The van der Waals surface area contributed by atoms with Crippen molar-refractivity contribution >= 4 is 34.6 Å². The molecule has 1 aromatic heterocycles. The lowest BCUT2D eigenvalue weighted by molar-refractivity contribution is 0.883. The summed E-state index contributed by atoms with van der Waals surface area (Å²) >= 11 is 11.4. The summed E-state index contributed by atoms with van der Waals surface area (Å²) in [6.45, 7) is 6.06. The zero-order valence-electron chi connectivity index (χ0n) is 12.7. The molecule has 0 unspecified atom stereocenters. The van der Waals surface area contributed by atoms with Gasteiger partial charge in [0.2, 0.25) is 0 Å². The Labute approximate surface area is 139 Å². The Balaban J connectivity index is 2.05. The van der Waals surface area contributed by atoms with Crippen LogP contribution in [0.2, 0.25) is 5.02 Å². The van der Waals surface area contributed by atoms with Crippen LogP contribution in [0.3, 0.4) is 0 Å². The van der Waals surface area contributed by atoms with Crippen molar-refractivity contribution in [1.29, 1.82) is 0 Å². The predicted octanol–water partition coefficient (Wildman–Crippen LogP) is 3.44. The standard InChI is InChI=1S/C16H18ClN3OS/c1-9-7-10(2)19-15(21)12(9)8-18-16(22)20-14-6-4-5-13(17)11(14)3/h4-7H,8H2,1-3H3,(H,19,21)(H2,18,20,22). The number of thiocarbonyl (C=S) groups is 1. The van der Waals surface area contributed by atoms with Crippen LogP contribution in [0.5, 0.6) is 0 Å². The number of aromatic nitrogens is 1. The molecule has 0 aliphatic carbocycles. The lowest BCUT2D eigenvalue weighted by Gasteiger charge is -2.14. The first-order valence-electron chi connectivity index (χ1n) is 6.88. The number of pyridine rings is 1. The molecule has 1 aromatic carbocycles. The maximum absolute atomic E-state index is 12.0. The monoisotopic (exact) mass is 335 g/mol. The zero-order valence-corrected chi connectivity index (χ0v) is 14.3. The van der Waals surface area contributed by atoms with E-state index >= 15 is 0 Å². The number of anilines is 1. The van der Waals surface area contributed by atoms with Crippen LogP contribution < -0.4 is 16.2 Å². The average Bonchev–Trinajstić information content (AvgIpc) is 2.42. The van der Waals surface area contributed by atoms with Crippen LogP contribution in [-0.4, -0.2) is 10.1 Å². The summed E-state index contributed by atoms with van der Waals surface area (Å²) < 4.78 is 0. The fraction of sp³-hybridized carbons (Fsp3) is 0.250. The third-order valence-corrected chi connectivity index (χ3v) is 4.09. The number of hydrogen-bond acceptors (Lipinski definition) is 2. The summed E-state index contributed by atoms with van der Waals surface area (Å²) in [5.41, 5.74) is 4.15. The molecule has 0 saturated heterocycles. The van der Waals surface area contributed by atoms with Crippen molar-refractivity contribution < 1.29 is 0 Å². The van der Waals surface area contributed by atoms with E-state index in [9.17, 15) is 4.79 Å². The first kappa shape index (κ1) is 16.5. The molecule has 6 heteroatoms. The van der Waals surface area contributed by atoms with E-state index in [1.165, 1.54) is 0 Å². The van der Waals surface area contributed by atoms with E-state index in [2.05, 4.69) is 15.6 Å². The van der Waals surface area contributed by atoms with Crippen molar-refractivity contribution in [3.05, 3.63) is 62.0 Å². The fourth-order valence-corrected chi connectivity index (χ4v) is 2.54. The summed E-state index contributed by atoms with van der Waals surface area (Å²) in [5.74, 6) is 0. The van der Waals surface area contributed by atoms with Crippen LogP contribution in [0.15, 0.2) is 29.1 Å². The molecule has 2 aromatic rings. The highest BCUT2D eigenvalue weighted by molar-refractivity contribution is 7.80. The van der Waals surface area contributed by atoms with Crippen LogP contribution in [0.4, 0.5) is 5.69 Å². The molecule has 0 radical (unpaired) electrons. The highest BCUT2D eigenvalue weighted by atomic mass is 35.5. The number of aryl methyl sites for hydroxylation is 2. The SMILES string of the molecule is Cc1cc(C)c(CNC(=S)Nc2cccc(Cl)c2C)c(=O)[nH]1. The van der Waals surface area contributed by atoms with E-state index in [4.69, 9.17) is 23.8 Å². The number of H-pyrrole nitrogens is 1. The van der Waals surface area contributed by atoms with E-state index in [-0.39, 0.29) is 5.56 Å². The number of halogens is 1. The Bertz CT molecular complexity index is 770. The Morgan fingerprint density at radius 2 is 2.05 bits per heavy atom. The number of nitrogens with one attached hydrogen (secondary N) is 3. The average molecular weight is 336 g/mol. The van der Waals surface area contributed by atoms with Crippen LogP contribution in [-0.2, 0) is 6.54 Å². The summed E-state index contributed by atoms with van der Waals surface area (Å²) in [6.07, 6.45) is 0. The Morgan fingerprint density at radius 1 is 1.32 bits per heavy atom. The maximum Gasteiger partial charge on any atom is 0.253 e. The molecule has 1 heterocycles. The molecule has 0 aliphatic heterocycles. The van der Waals surface area contributed by atoms with Gasteiger partial charge in [0.15, 0.2) is 5.11 Å². The molecule has 116 valence electrons. The third kappa shape index (κ3) is 3.87. The van der Waals surface area contributed by atoms with Gasteiger partial charge in [-0.15, -0.1) is 0 Å². The van der Waals surface area contributed by atoms with Gasteiger partial charge in [-0.1, -0.05) is 17.7 Å². The molecule has 0 bridgehead atoms. The Kier molecular flexibility index (Phi) is 5.21. The first-order chi connectivity index (χ1) is 10.4. The Morgan fingerprint density at radius 3 is 2.73 bits per heavy atom. The number of hydrogen-bond donors (Lipinski definition) is 3. The van der Waals surface area contributed by atoms with Gasteiger partial charge in [0.1, 0.15) is 0 Å². The van der Waals surface area contributed by atoms with Crippen molar-refractivity contribution in [2.45, 2.75) is 27.3 Å². The molecule has 2 rings (SSSR count). The molecule has 3 N–H and O–H groups in total. The van der Waals surface area contributed by atoms with Gasteiger partial charge in [-0.2, -0.15) is 0 Å². The van der Waals surface area contributed by atoms with Crippen LogP contribution in [0, 0.1) is 20.8 Å². The quantitative estimate of drug-likeness (QED) is 0.752. The van der Waals surface area contributed by atoms with Crippen molar-refractivity contribution in [2.24, 2.45) is 0 Å². The lowest BCUT2D eigenvalue weighted by Crippen LogP contribution is -2.31. The number of rotatable bonds is 3. The number of benzene rings is 1. The summed E-state index contributed by atoms with van der Waals surface area (Å²) in [4.78, 5) is 14.7. The van der Waals surface area contributed by atoms with Gasteiger partial charge >= 0.3 is 0 Å². The van der Waals surface area contributed by atoms with Crippen molar-refractivity contribution in [2.75, 3.05) is 5.32 Å². The normalized spacial score (nSPS) is 10.4. The zero-order chi connectivity index (χ0) is 16.3. The largest absolute Gasteiger partial charge is 0.358 e. The summed E-state index contributed by atoms with van der Waals surface area (Å²) in [5, 5.41) is 7.28. The number of aromatic amines is 1. The second-order valence-electron chi connectivity index (χ2n) is 5.16. The molecule has 0 fully saturated rings.